The Morgan fingerprint density at radius 1 is 1.32 bits per heavy atom. The van der Waals surface area contributed by atoms with Crippen LogP contribution in [0.25, 0.3) is 6.08 Å². The van der Waals surface area contributed by atoms with Crippen LogP contribution in [0.1, 0.15) is 53.5 Å². The van der Waals surface area contributed by atoms with Gasteiger partial charge in [0.05, 0.1) is 5.69 Å². The average molecular weight is 260 g/mol. The first-order chi connectivity index (χ1) is 8.97. The average Bonchev–Trinajstić information content (AvgIpc) is 2.93. The van der Waals surface area contributed by atoms with E-state index in [9.17, 15) is 4.79 Å². The molecule has 100 valence electrons. The summed E-state index contributed by atoms with van der Waals surface area (Å²) in [6.45, 7) is 7.50. The van der Waals surface area contributed by atoms with Gasteiger partial charge in [0, 0.05) is 12.8 Å². The summed E-state index contributed by atoms with van der Waals surface area (Å²) >= 11 is 0. The third-order valence-electron chi connectivity index (χ3n) is 2.59. The molecule has 19 heavy (non-hydrogen) atoms. The normalized spacial score (nSPS) is 11.6. The molecule has 0 aromatic carbocycles. The van der Waals surface area contributed by atoms with E-state index in [1.54, 1.807) is 13.0 Å². The van der Waals surface area contributed by atoms with Crippen LogP contribution in [0.4, 0.5) is 0 Å². The molecule has 0 fully saturated rings. The molecule has 5 heteroatoms. The zero-order chi connectivity index (χ0) is 14.0. The molecule has 2 rings (SSSR count). The molecule has 0 atom stereocenters. The lowest BCUT2D eigenvalue weighted by molar-refractivity contribution is 0.104. The first-order valence-corrected chi connectivity index (χ1v) is 6.09. The van der Waals surface area contributed by atoms with E-state index in [4.69, 9.17) is 8.83 Å². The number of oxazole rings is 2. The molecule has 2 aromatic rings. The largest absolute Gasteiger partial charge is 0.448 e. The van der Waals surface area contributed by atoms with Gasteiger partial charge in [0.15, 0.2) is 11.8 Å². The quantitative estimate of drug-likeness (QED) is 0.623. The van der Waals surface area contributed by atoms with E-state index in [0.29, 0.717) is 23.2 Å². The van der Waals surface area contributed by atoms with Crippen LogP contribution in [0, 0.1) is 13.8 Å². The van der Waals surface area contributed by atoms with E-state index in [1.165, 1.54) is 12.3 Å². The van der Waals surface area contributed by atoms with Crippen molar-refractivity contribution in [3.8, 4) is 0 Å². The van der Waals surface area contributed by atoms with Crippen molar-refractivity contribution in [2.75, 3.05) is 0 Å². The molecule has 2 heterocycles. The molecule has 0 bridgehead atoms. The van der Waals surface area contributed by atoms with Crippen molar-refractivity contribution in [3.05, 3.63) is 41.3 Å². The maximum absolute atomic E-state index is 11.9. The van der Waals surface area contributed by atoms with Crippen molar-refractivity contribution in [1.82, 2.24) is 9.97 Å². The number of carbonyl (C=O) groups excluding carboxylic acids is 1. The minimum Gasteiger partial charge on any atom is -0.448 e. The van der Waals surface area contributed by atoms with Crippen molar-refractivity contribution in [2.24, 2.45) is 0 Å². The van der Waals surface area contributed by atoms with Crippen LogP contribution in [0.2, 0.25) is 0 Å². The molecular weight excluding hydrogens is 244 g/mol. The maximum Gasteiger partial charge on any atom is 0.207 e. The number of hydrogen-bond donors (Lipinski definition) is 0. The Labute approximate surface area is 111 Å². The molecule has 0 unspecified atom stereocenters. The fourth-order valence-electron chi connectivity index (χ4n) is 1.60. The summed E-state index contributed by atoms with van der Waals surface area (Å²) in [6.07, 6.45) is 4.39. The first-order valence-electron chi connectivity index (χ1n) is 6.09. The van der Waals surface area contributed by atoms with Crippen molar-refractivity contribution in [2.45, 2.75) is 33.6 Å². The number of nitrogens with zero attached hydrogens (tertiary/aromatic N) is 2. The Morgan fingerprint density at radius 2 is 2.05 bits per heavy atom. The molecule has 0 aliphatic carbocycles. The lowest BCUT2D eigenvalue weighted by atomic mass is 10.2. The highest BCUT2D eigenvalue weighted by molar-refractivity contribution is 6.05. The fraction of sp³-hybridized carbons (Fsp3) is 0.357. The van der Waals surface area contributed by atoms with Crippen LogP contribution >= 0.6 is 0 Å². The van der Waals surface area contributed by atoms with Gasteiger partial charge in [-0.15, -0.1) is 0 Å². The number of carbonyl (C=O) groups is 1. The highest BCUT2D eigenvalue weighted by Crippen LogP contribution is 2.15. The fourth-order valence-corrected chi connectivity index (χ4v) is 1.60. The lowest BCUT2D eigenvalue weighted by Crippen LogP contribution is -1.96. The van der Waals surface area contributed by atoms with E-state index >= 15 is 0 Å². The molecule has 2 aromatic heterocycles. The predicted octanol–water partition coefficient (Wildman–Crippen LogP) is 3.30. The van der Waals surface area contributed by atoms with Gasteiger partial charge in [0.25, 0.3) is 0 Å². The van der Waals surface area contributed by atoms with E-state index in [-0.39, 0.29) is 11.7 Å². The topological polar surface area (TPSA) is 69.1 Å². The second-order valence-corrected chi connectivity index (χ2v) is 4.61. The predicted molar refractivity (Wildman–Crippen MR) is 69.9 cm³/mol. The van der Waals surface area contributed by atoms with E-state index in [0.717, 1.165) is 5.69 Å². The Bertz CT molecular complexity index is 620. The molecule has 0 amide bonds. The van der Waals surface area contributed by atoms with E-state index < -0.39 is 0 Å². The summed E-state index contributed by atoms with van der Waals surface area (Å²) in [5.74, 6) is 1.66. The van der Waals surface area contributed by atoms with E-state index in [2.05, 4.69) is 9.97 Å². The number of aromatic nitrogens is 2. The molecule has 5 nitrogen and oxygen atoms in total. The summed E-state index contributed by atoms with van der Waals surface area (Å²) in [4.78, 5) is 20.2. The summed E-state index contributed by atoms with van der Waals surface area (Å²) in [6, 6.07) is 0. The zero-order valence-corrected chi connectivity index (χ0v) is 11.4. The van der Waals surface area contributed by atoms with Gasteiger partial charge in [-0.2, -0.15) is 0 Å². The van der Waals surface area contributed by atoms with Crippen LogP contribution in [0.15, 0.2) is 21.2 Å². The van der Waals surface area contributed by atoms with Gasteiger partial charge in [-0.25, -0.2) is 9.97 Å². The third-order valence-corrected chi connectivity index (χ3v) is 2.59. The molecule has 0 saturated carbocycles. The SMILES string of the molecule is Cc1nc(C)c(C=CC(=O)c2coc(C(C)C)n2)o1. The van der Waals surface area contributed by atoms with Crippen molar-refractivity contribution in [1.29, 1.82) is 0 Å². The van der Waals surface area contributed by atoms with Crippen molar-refractivity contribution < 1.29 is 13.6 Å². The van der Waals surface area contributed by atoms with Gasteiger partial charge in [-0.1, -0.05) is 13.8 Å². The highest BCUT2D eigenvalue weighted by Gasteiger charge is 2.12. The standard InChI is InChI=1S/C14H16N2O3/c1-8(2)14-16-11(7-18-14)12(17)5-6-13-9(3)15-10(4)19-13/h5-8H,1-4H3. The van der Waals surface area contributed by atoms with Gasteiger partial charge in [0.1, 0.15) is 17.7 Å². The first kappa shape index (κ1) is 13.3. The van der Waals surface area contributed by atoms with Crippen molar-refractivity contribution in [3.63, 3.8) is 0 Å². The second kappa shape index (κ2) is 5.22. The van der Waals surface area contributed by atoms with Crippen molar-refractivity contribution >= 4 is 11.9 Å². The highest BCUT2D eigenvalue weighted by atomic mass is 16.4. The Morgan fingerprint density at radius 3 is 2.58 bits per heavy atom. The van der Waals surface area contributed by atoms with Gasteiger partial charge < -0.3 is 8.83 Å². The lowest BCUT2D eigenvalue weighted by Gasteiger charge is -1.93. The van der Waals surface area contributed by atoms with Crippen LogP contribution in [-0.2, 0) is 0 Å². The second-order valence-electron chi connectivity index (χ2n) is 4.61. The summed E-state index contributed by atoms with van der Waals surface area (Å²) < 4.78 is 10.6. The maximum atomic E-state index is 11.9. The Hall–Kier alpha value is -2.17. The van der Waals surface area contributed by atoms with Crippen LogP contribution in [0.5, 0.6) is 0 Å². The molecule has 0 radical (unpaired) electrons. The summed E-state index contributed by atoms with van der Waals surface area (Å²) in [5, 5.41) is 0. The smallest absolute Gasteiger partial charge is 0.207 e. The van der Waals surface area contributed by atoms with Crippen LogP contribution in [0.3, 0.4) is 0 Å². The molecule has 0 spiro atoms. The molecule has 0 aliphatic rings. The van der Waals surface area contributed by atoms with Crippen LogP contribution in [-0.4, -0.2) is 15.8 Å². The van der Waals surface area contributed by atoms with Gasteiger partial charge >= 0.3 is 0 Å². The molecular formula is C14H16N2O3. The number of allylic oxidation sites excluding steroid dienone is 1. The van der Waals surface area contributed by atoms with E-state index in [1.807, 2.05) is 20.8 Å². The molecule has 0 aliphatic heterocycles. The number of aryl methyl sites for hydroxylation is 2. The molecule has 0 N–H and O–H groups in total. The minimum atomic E-state index is -0.218. The molecule has 0 saturated heterocycles. The monoisotopic (exact) mass is 260 g/mol. The summed E-state index contributed by atoms with van der Waals surface area (Å²) in [7, 11) is 0. The number of ketones is 1. The number of hydrogen-bond acceptors (Lipinski definition) is 5. The Kier molecular flexibility index (Phi) is 3.64. The minimum absolute atomic E-state index is 0.157. The van der Waals surface area contributed by atoms with Gasteiger partial charge in [0.2, 0.25) is 5.78 Å². The number of rotatable bonds is 4. The zero-order valence-electron chi connectivity index (χ0n) is 11.4. The van der Waals surface area contributed by atoms with Gasteiger partial charge in [-0.3, -0.25) is 4.79 Å². The van der Waals surface area contributed by atoms with Crippen LogP contribution < -0.4 is 0 Å². The van der Waals surface area contributed by atoms with Gasteiger partial charge in [-0.05, 0) is 19.1 Å². The Balaban J connectivity index is 2.14. The third kappa shape index (κ3) is 2.99. The summed E-state index contributed by atoms with van der Waals surface area (Å²) in [5.41, 5.74) is 1.05.